The number of fused-ring (bicyclic) bond motifs is 1. The summed E-state index contributed by atoms with van der Waals surface area (Å²) in [6, 6.07) is 9.39. The Morgan fingerprint density at radius 2 is 2.10 bits per heavy atom. The fourth-order valence-electron chi connectivity index (χ4n) is 3.34. The third kappa shape index (κ3) is 4.30. The van der Waals surface area contributed by atoms with Crippen LogP contribution in [0.2, 0.25) is 0 Å². The highest BCUT2D eigenvalue weighted by atomic mass is 32.4. The molecular weight excluding hydrogens is 413 g/mol. The van der Waals surface area contributed by atoms with Crippen molar-refractivity contribution >= 4 is 36.1 Å². The molecule has 1 aromatic carbocycles. The topological polar surface area (TPSA) is 107 Å². The van der Waals surface area contributed by atoms with Gasteiger partial charge in [0.1, 0.15) is 12.8 Å². The molecule has 0 saturated carbocycles. The van der Waals surface area contributed by atoms with Crippen LogP contribution in [0.4, 0.5) is 5.95 Å². The van der Waals surface area contributed by atoms with Gasteiger partial charge in [-0.15, -0.1) is 4.52 Å². The molecule has 4 atom stereocenters. The molecule has 3 aromatic rings. The van der Waals surface area contributed by atoms with E-state index in [2.05, 4.69) is 21.9 Å². The molecule has 29 heavy (non-hydrogen) atoms. The van der Waals surface area contributed by atoms with Gasteiger partial charge in [0.2, 0.25) is 23.6 Å². The molecule has 1 saturated heterocycles. The number of methoxy groups -OCH3 is 1. The van der Waals surface area contributed by atoms with Gasteiger partial charge < -0.3 is 15.2 Å². The third-order valence-electron chi connectivity index (χ3n) is 4.62. The highest BCUT2D eigenvalue weighted by Crippen LogP contribution is 2.38. The second-order valence-electron chi connectivity index (χ2n) is 6.70. The van der Waals surface area contributed by atoms with E-state index in [4.69, 9.17) is 36.1 Å². The summed E-state index contributed by atoms with van der Waals surface area (Å²) in [7, 11) is 0.0654. The summed E-state index contributed by atoms with van der Waals surface area (Å²) in [5.41, 5.74) is 6.92. The Balaban J connectivity index is 1.42. The number of anilines is 1. The lowest BCUT2D eigenvalue weighted by Crippen LogP contribution is -2.16. The molecule has 9 nitrogen and oxygen atoms in total. The standard InChI is InChI=1S/C18H21N5O4PS/c1-11-8-13(9-25-28(29)27-12-6-4-3-5-7-12)26-17(11)23-10-20-14-15(23)21-18(19)22-16(14)24-2/h3-7,10-11,13,17H,8-9H2,1-2H3,(H2,19,21,22)/q+1/t11-,13-,17+/m0/s1. The Hall–Kier alpha value is -2.39. The lowest BCUT2D eigenvalue weighted by atomic mass is 10.1. The summed E-state index contributed by atoms with van der Waals surface area (Å²) in [5.74, 6) is 1.38. The molecule has 1 unspecified atom stereocenters. The first-order valence-electron chi connectivity index (χ1n) is 9.08. The zero-order chi connectivity index (χ0) is 20.4. The normalized spacial score (nSPS) is 22.0. The van der Waals surface area contributed by atoms with E-state index in [0.29, 0.717) is 29.4 Å². The minimum Gasteiger partial charge on any atom is -0.479 e. The smallest absolute Gasteiger partial charge is 0.479 e. The summed E-state index contributed by atoms with van der Waals surface area (Å²) < 4.78 is 24.7. The van der Waals surface area contributed by atoms with Crippen LogP contribution in [0.15, 0.2) is 36.7 Å². The van der Waals surface area contributed by atoms with Gasteiger partial charge in [0.25, 0.3) is 0 Å². The van der Waals surface area contributed by atoms with Crippen LogP contribution < -0.4 is 15.0 Å². The number of para-hydroxylation sites is 1. The fraction of sp³-hybridized carbons (Fsp3) is 0.389. The number of nitrogen functional groups attached to an aromatic ring is 1. The molecule has 11 heteroatoms. The maximum absolute atomic E-state index is 6.20. The first-order valence-corrected chi connectivity index (χ1v) is 11.3. The van der Waals surface area contributed by atoms with Crippen LogP contribution in [0, 0.1) is 5.92 Å². The molecule has 1 fully saturated rings. The third-order valence-corrected chi connectivity index (χ3v) is 5.88. The van der Waals surface area contributed by atoms with E-state index in [1.165, 1.54) is 7.11 Å². The van der Waals surface area contributed by atoms with E-state index >= 15 is 0 Å². The number of imidazole rings is 1. The van der Waals surface area contributed by atoms with Gasteiger partial charge in [-0.05, 0) is 18.6 Å². The van der Waals surface area contributed by atoms with Gasteiger partial charge in [0, 0.05) is 5.92 Å². The average Bonchev–Trinajstić information content (AvgIpc) is 3.29. The molecule has 1 aliphatic heterocycles. The summed E-state index contributed by atoms with van der Waals surface area (Å²) in [5, 5.41) is 0. The van der Waals surface area contributed by atoms with E-state index in [1.807, 2.05) is 34.9 Å². The van der Waals surface area contributed by atoms with Crippen molar-refractivity contribution < 1.29 is 18.5 Å². The number of hydrogen-bond acceptors (Lipinski definition) is 9. The lowest BCUT2D eigenvalue weighted by molar-refractivity contribution is -0.0241. The van der Waals surface area contributed by atoms with Gasteiger partial charge >= 0.3 is 7.15 Å². The van der Waals surface area contributed by atoms with Gasteiger partial charge in [-0.1, -0.05) is 25.1 Å². The molecule has 0 radical (unpaired) electrons. The van der Waals surface area contributed by atoms with Crippen molar-refractivity contribution in [2.45, 2.75) is 25.7 Å². The van der Waals surface area contributed by atoms with Gasteiger partial charge in [0.05, 0.1) is 19.5 Å². The zero-order valence-corrected chi connectivity index (χ0v) is 17.7. The summed E-state index contributed by atoms with van der Waals surface area (Å²) in [6.45, 7) is 2.46. The number of nitrogens with zero attached hydrogens (tertiary/aromatic N) is 4. The van der Waals surface area contributed by atoms with Gasteiger partial charge in [-0.2, -0.15) is 9.97 Å². The predicted octanol–water partition coefficient (Wildman–Crippen LogP) is 3.21. The number of benzene rings is 1. The van der Waals surface area contributed by atoms with Crippen LogP contribution in [0.5, 0.6) is 11.6 Å². The molecular formula is C18H21N5O4PS+. The van der Waals surface area contributed by atoms with E-state index in [-0.39, 0.29) is 24.2 Å². The number of aromatic nitrogens is 4. The Bertz CT molecular complexity index is 1020. The van der Waals surface area contributed by atoms with Crippen molar-refractivity contribution in [1.82, 2.24) is 19.5 Å². The largest absolute Gasteiger partial charge is 0.573 e. The number of hydrogen-bond donors (Lipinski definition) is 1. The predicted molar refractivity (Wildman–Crippen MR) is 111 cm³/mol. The van der Waals surface area contributed by atoms with Crippen molar-refractivity contribution in [3.63, 3.8) is 0 Å². The maximum Gasteiger partial charge on any atom is 0.573 e. The highest BCUT2D eigenvalue weighted by molar-refractivity contribution is 8.00. The Kier molecular flexibility index (Phi) is 5.86. The second kappa shape index (κ2) is 8.54. The van der Waals surface area contributed by atoms with Crippen LogP contribution in [-0.4, -0.2) is 39.3 Å². The Morgan fingerprint density at radius 3 is 2.86 bits per heavy atom. The van der Waals surface area contributed by atoms with Crippen LogP contribution in [0.3, 0.4) is 0 Å². The van der Waals surface area contributed by atoms with E-state index in [0.717, 1.165) is 6.42 Å². The highest BCUT2D eigenvalue weighted by Gasteiger charge is 2.36. The van der Waals surface area contributed by atoms with Crippen LogP contribution in [0.25, 0.3) is 11.2 Å². The van der Waals surface area contributed by atoms with E-state index < -0.39 is 7.15 Å². The SMILES string of the molecule is COc1nc(N)nc2c1ncn2[C@@H]1O[C@H](CO[P+](=S)Oc2ccccc2)C[C@@H]1C. The zero-order valence-electron chi connectivity index (χ0n) is 16.0. The molecule has 2 N–H and O–H groups in total. The van der Waals surface area contributed by atoms with Crippen molar-refractivity contribution in [2.24, 2.45) is 5.92 Å². The summed E-state index contributed by atoms with van der Waals surface area (Å²) in [6.07, 6.45) is 2.12. The molecule has 0 spiro atoms. The molecule has 0 bridgehead atoms. The van der Waals surface area contributed by atoms with Crippen molar-refractivity contribution in [2.75, 3.05) is 19.5 Å². The molecule has 3 heterocycles. The maximum atomic E-state index is 6.20. The van der Waals surface area contributed by atoms with Crippen LogP contribution in [-0.2, 0) is 21.1 Å². The summed E-state index contributed by atoms with van der Waals surface area (Å²) in [4.78, 5) is 12.7. The quantitative estimate of drug-likeness (QED) is 0.561. The van der Waals surface area contributed by atoms with Crippen LogP contribution in [0.1, 0.15) is 19.6 Å². The lowest BCUT2D eigenvalue weighted by Gasteiger charge is -2.17. The number of ether oxygens (including phenoxy) is 2. The molecule has 1 aliphatic rings. The second-order valence-corrected chi connectivity index (χ2v) is 8.48. The van der Waals surface area contributed by atoms with E-state index in [9.17, 15) is 0 Å². The molecule has 0 aliphatic carbocycles. The minimum absolute atomic E-state index is 0.110. The van der Waals surface area contributed by atoms with Gasteiger partial charge in [0.15, 0.2) is 16.9 Å². The summed E-state index contributed by atoms with van der Waals surface area (Å²) >= 11 is 5.30. The first-order chi connectivity index (χ1) is 14.0. The Labute approximate surface area is 173 Å². The first kappa shape index (κ1) is 19.9. The monoisotopic (exact) mass is 434 g/mol. The number of nitrogens with two attached hydrogens (primary N) is 1. The van der Waals surface area contributed by atoms with Crippen molar-refractivity contribution in [1.29, 1.82) is 0 Å². The average molecular weight is 434 g/mol. The van der Waals surface area contributed by atoms with Crippen molar-refractivity contribution in [3.05, 3.63) is 36.7 Å². The number of rotatable bonds is 7. The molecule has 4 rings (SSSR count). The minimum atomic E-state index is -1.46. The van der Waals surface area contributed by atoms with E-state index in [1.54, 1.807) is 6.33 Å². The van der Waals surface area contributed by atoms with Gasteiger partial charge in [-0.3, -0.25) is 9.09 Å². The molecule has 2 aromatic heterocycles. The van der Waals surface area contributed by atoms with Crippen molar-refractivity contribution in [3.8, 4) is 11.6 Å². The van der Waals surface area contributed by atoms with Gasteiger partial charge in [-0.25, -0.2) is 4.98 Å². The fourth-order valence-corrected chi connectivity index (χ4v) is 4.41. The van der Waals surface area contributed by atoms with Crippen LogP contribution >= 0.6 is 7.15 Å². The Morgan fingerprint density at radius 1 is 1.31 bits per heavy atom. The molecule has 0 amide bonds. The molecule has 152 valence electrons.